The highest BCUT2D eigenvalue weighted by Crippen LogP contribution is 2.44. The van der Waals surface area contributed by atoms with Gasteiger partial charge in [0.25, 0.3) is 0 Å². The molecule has 0 heterocycles. The first kappa shape index (κ1) is 10.4. The van der Waals surface area contributed by atoms with Gasteiger partial charge in [-0.2, -0.15) is 13.2 Å². The van der Waals surface area contributed by atoms with Crippen molar-refractivity contribution in [3.05, 3.63) is 23.8 Å². The van der Waals surface area contributed by atoms with Crippen molar-refractivity contribution >= 4 is 0 Å². The monoisotopic (exact) mass is 190 g/mol. The van der Waals surface area contributed by atoms with Crippen molar-refractivity contribution in [2.24, 2.45) is 5.41 Å². The Kier molecular flexibility index (Phi) is 2.55. The molecule has 0 amide bonds. The number of alkyl halides is 3. The van der Waals surface area contributed by atoms with E-state index in [1.165, 1.54) is 13.0 Å². The standard InChI is InChI=1S/C10H13F3/c1-8-5-3-4-6-9(2,7-8)10(11,12)13/h3,5,7H,4,6H2,1-2H3. The van der Waals surface area contributed by atoms with E-state index < -0.39 is 11.6 Å². The Bertz CT molecular complexity index is 247. The largest absolute Gasteiger partial charge is 0.397 e. The maximum atomic E-state index is 12.6. The third-order valence-corrected chi connectivity index (χ3v) is 2.40. The first-order chi connectivity index (χ1) is 5.85. The number of halogens is 3. The molecule has 0 nitrogen and oxygen atoms in total. The van der Waals surface area contributed by atoms with Gasteiger partial charge in [0, 0.05) is 0 Å². The van der Waals surface area contributed by atoms with Gasteiger partial charge in [-0.3, -0.25) is 0 Å². The lowest BCUT2D eigenvalue weighted by molar-refractivity contribution is -0.201. The van der Waals surface area contributed by atoms with Gasteiger partial charge < -0.3 is 0 Å². The van der Waals surface area contributed by atoms with Crippen LogP contribution in [0.4, 0.5) is 13.2 Å². The van der Waals surface area contributed by atoms with Crippen molar-refractivity contribution in [3.63, 3.8) is 0 Å². The lowest BCUT2D eigenvalue weighted by Crippen LogP contribution is -2.33. The van der Waals surface area contributed by atoms with E-state index in [9.17, 15) is 13.2 Å². The first-order valence-corrected chi connectivity index (χ1v) is 4.28. The molecule has 0 spiro atoms. The second-order valence-corrected chi connectivity index (χ2v) is 3.74. The quantitative estimate of drug-likeness (QED) is 0.544. The fourth-order valence-corrected chi connectivity index (χ4v) is 1.50. The van der Waals surface area contributed by atoms with Crippen molar-refractivity contribution < 1.29 is 13.2 Å². The molecular formula is C10H13F3. The molecule has 0 N–H and O–H groups in total. The summed E-state index contributed by atoms with van der Waals surface area (Å²) in [7, 11) is 0. The fourth-order valence-electron chi connectivity index (χ4n) is 1.50. The lowest BCUT2D eigenvalue weighted by atomic mass is 9.84. The van der Waals surface area contributed by atoms with Crippen LogP contribution in [-0.2, 0) is 0 Å². The number of hydrogen-bond donors (Lipinski definition) is 0. The summed E-state index contributed by atoms with van der Waals surface area (Å²) in [6.07, 6.45) is 1.35. The fraction of sp³-hybridized carbons (Fsp3) is 0.600. The lowest BCUT2D eigenvalue weighted by Gasteiger charge is -2.28. The van der Waals surface area contributed by atoms with Crippen molar-refractivity contribution in [2.45, 2.75) is 32.9 Å². The molecule has 0 bridgehead atoms. The van der Waals surface area contributed by atoms with E-state index in [1.54, 1.807) is 19.1 Å². The number of rotatable bonds is 0. The Morgan fingerprint density at radius 2 is 2.00 bits per heavy atom. The van der Waals surface area contributed by atoms with Crippen LogP contribution in [0.3, 0.4) is 0 Å². The second-order valence-electron chi connectivity index (χ2n) is 3.74. The van der Waals surface area contributed by atoms with Crippen LogP contribution in [0.2, 0.25) is 0 Å². The van der Waals surface area contributed by atoms with Gasteiger partial charge in [0.05, 0.1) is 5.41 Å². The highest BCUT2D eigenvalue weighted by molar-refractivity contribution is 5.22. The highest BCUT2D eigenvalue weighted by Gasteiger charge is 2.48. The van der Waals surface area contributed by atoms with E-state index in [4.69, 9.17) is 0 Å². The van der Waals surface area contributed by atoms with Crippen LogP contribution in [0, 0.1) is 5.41 Å². The molecule has 13 heavy (non-hydrogen) atoms. The number of allylic oxidation sites excluding steroid dienone is 4. The van der Waals surface area contributed by atoms with E-state index in [0.29, 0.717) is 12.0 Å². The van der Waals surface area contributed by atoms with Gasteiger partial charge in [0.15, 0.2) is 0 Å². The minimum atomic E-state index is -4.14. The van der Waals surface area contributed by atoms with Gasteiger partial charge in [-0.05, 0) is 26.7 Å². The van der Waals surface area contributed by atoms with Crippen LogP contribution < -0.4 is 0 Å². The van der Waals surface area contributed by atoms with E-state index in [2.05, 4.69) is 0 Å². The van der Waals surface area contributed by atoms with Gasteiger partial charge in [-0.25, -0.2) is 0 Å². The normalized spacial score (nSPS) is 29.8. The van der Waals surface area contributed by atoms with Gasteiger partial charge >= 0.3 is 6.18 Å². The number of hydrogen-bond acceptors (Lipinski definition) is 0. The summed E-state index contributed by atoms with van der Waals surface area (Å²) in [5, 5.41) is 0. The van der Waals surface area contributed by atoms with E-state index >= 15 is 0 Å². The van der Waals surface area contributed by atoms with E-state index in [-0.39, 0.29) is 6.42 Å². The highest BCUT2D eigenvalue weighted by atomic mass is 19.4. The van der Waals surface area contributed by atoms with Crippen LogP contribution in [-0.4, -0.2) is 6.18 Å². The Labute approximate surface area is 76.1 Å². The Balaban J connectivity index is 2.98. The van der Waals surface area contributed by atoms with Crippen LogP contribution in [0.1, 0.15) is 26.7 Å². The van der Waals surface area contributed by atoms with E-state index in [1.807, 2.05) is 0 Å². The average Bonchev–Trinajstić information content (AvgIpc) is 2.10. The Morgan fingerprint density at radius 1 is 1.38 bits per heavy atom. The molecule has 0 aromatic carbocycles. The zero-order valence-corrected chi connectivity index (χ0v) is 7.78. The molecule has 1 unspecified atom stereocenters. The molecule has 0 saturated heterocycles. The summed E-state index contributed by atoms with van der Waals surface area (Å²) >= 11 is 0. The summed E-state index contributed by atoms with van der Waals surface area (Å²) in [6.45, 7) is 2.95. The molecule has 0 fully saturated rings. The van der Waals surface area contributed by atoms with Crippen molar-refractivity contribution in [2.75, 3.05) is 0 Å². The molecular weight excluding hydrogens is 177 g/mol. The molecule has 3 heteroatoms. The van der Waals surface area contributed by atoms with Crippen LogP contribution in [0.15, 0.2) is 23.8 Å². The van der Waals surface area contributed by atoms with Crippen LogP contribution >= 0.6 is 0 Å². The minimum Gasteiger partial charge on any atom is -0.170 e. The smallest absolute Gasteiger partial charge is 0.170 e. The molecule has 1 atom stereocenters. The van der Waals surface area contributed by atoms with E-state index in [0.717, 1.165) is 0 Å². The maximum Gasteiger partial charge on any atom is 0.397 e. The Morgan fingerprint density at radius 3 is 2.54 bits per heavy atom. The van der Waals surface area contributed by atoms with Crippen molar-refractivity contribution in [1.82, 2.24) is 0 Å². The summed E-state index contributed by atoms with van der Waals surface area (Å²) in [5.41, 5.74) is -0.960. The molecule has 0 saturated carbocycles. The maximum absolute atomic E-state index is 12.6. The molecule has 0 aromatic heterocycles. The molecule has 0 aliphatic heterocycles. The predicted molar refractivity (Wildman–Crippen MR) is 46.3 cm³/mol. The van der Waals surface area contributed by atoms with Gasteiger partial charge in [0.2, 0.25) is 0 Å². The van der Waals surface area contributed by atoms with Crippen LogP contribution in [0.25, 0.3) is 0 Å². The van der Waals surface area contributed by atoms with Gasteiger partial charge in [0.1, 0.15) is 0 Å². The van der Waals surface area contributed by atoms with Crippen molar-refractivity contribution in [3.8, 4) is 0 Å². The van der Waals surface area contributed by atoms with Gasteiger partial charge in [-0.15, -0.1) is 0 Å². The van der Waals surface area contributed by atoms with Crippen molar-refractivity contribution in [1.29, 1.82) is 0 Å². The predicted octanol–water partition coefficient (Wildman–Crippen LogP) is 3.85. The second kappa shape index (κ2) is 3.20. The third kappa shape index (κ3) is 2.14. The first-order valence-electron chi connectivity index (χ1n) is 4.28. The third-order valence-electron chi connectivity index (χ3n) is 2.40. The topological polar surface area (TPSA) is 0 Å². The molecule has 74 valence electrons. The summed E-state index contributed by atoms with van der Waals surface area (Å²) < 4.78 is 37.8. The summed E-state index contributed by atoms with van der Waals surface area (Å²) in [4.78, 5) is 0. The average molecular weight is 190 g/mol. The molecule has 1 rings (SSSR count). The van der Waals surface area contributed by atoms with Gasteiger partial charge in [-0.1, -0.05) is 23.8 Å². The Hall–Kier alpha value is -0.730. The summed E-state index contributed by atoms with van der Waals surface area (Å²) in [6, 6.07) is 0. The zero-order valence-electron chi connectivity index (χ0n) is 7.78. The SMILES string of the molecule is CC1=CC(C)(C(F)(F)F)CCC=C1. The van der Waals surface area contributed by atoms with Crippen LogP contribution in [0.5, 0.6) is 0 Å². The zero-order chi connectivity index (χ0) is 10.1. The molecule has 1 aliphatic carbocycles. The summed E-state index contributed by atoms with van der Waals surface area (Å²) in [5.74, 6) is 0. The molecule has 0 radical (unpaired) electrons. The molecule has 1 aliphatic rings. The minimum absolute atomic E-state index is 0.143. The molecule has 0 aromatic rings.